The Bertz CT molecular complexity index is 2080. The Kier molecular flexibility index (Phi) is 16.1. The molecule has 1 saturated heterocycles. The minimum atomic E-state index is -3.74. The normalized spacial score (nSPS) is 13.9. The number of anilines is 2. The summed E-state index contributed by atoms with van der Waals surface area (Å²) < 4.78 is 90.1. The molecular weight excluding hydrogens is 792 g/mol. The molecule has 0 amide bonds. The molecule has 1 aliphatic heterocycles. The molecule has 0 bridgehead atoms. The average Bonchev–Trinajstić information content (AvgIpc) is 3.56. The van der Waals surface area contributed by atoms with Crippen LogP contribution in [0.1, 0.15) is 51.4 Å². The fourth-order valence-corrected chi connectivity index (χ4v) is 8.90. The van der Waals surface area contributed by atoms with Crippen molar-refractivity contribution in [2.24, 2.45) is 0 Å². The van der Waals surface area contributed by atoms with E-state index in [4.69, 9.17) is 11.6 Å². The van der Waals surface area contributed by atoms with Gasteiger partial charge in [0.25, 0.3) is 5.92 Å². The van der Waals surface area contributed by atoms with E-state index in [1.807, 2.05) is 6.07 Å². The van der Waals surface area contributed by atoms with Crippen molar-refractivity contribution in [1.82, 2.24) is 14.9 Å². The van der Waals surface area contributed by atoms with Crippen molar-refractivity contribution in [3.63, 3.8) is 0 Å². The number of hydrogen-bond donors (Lipinski definition) is 0. The largest absolute Gasteiger partial charge is 0.465 e. The highest BCUT2D eigenvalue weighted by atomic mass is 35.5. The van der Waals surface area contributed by atoms with Crippen LogP contribution in [-0.4, -0.2) is 101 Å². The van der Waals surface area contributed by atoms with Gasteiger partial charge in [0.05, 0.1) is 79.2 Å². The van der Waals surface area contributed by atoms with Gasteiger partial charge >= 0.3 is 11.9 Å². The number of carbonyl (C=O) groups excluding carboxylic acids is 2. The number of halogens is 3. The maximum absolute atomic E-state index is 13.3. The van der Waals surface area contributed by atoms with Crippen LogP contribution in [0.25, 0.3) is 0 Å². The van der Waals surface area contributed by atoms with Gasteiger partial charge < -0.3 is 9.47 Å². The van der Waals surface area contributed by atoms with Gasteiger partial charge in [-0.1, -0.05) is 36.4 Å². The summed E-state index contributed by atoms with van der Waals surface area (Å²) in [6, 6.07) is 23.7. The minimum absolute atomic E-state index is 0.0183. The number of benzene rings is 2. The standard InChI is InChI=1S/C21H25F2N3O4S.C17H19ClN2O4S/c1-30-20(27)17-8-9-18(24-14-17)15-26(19-6-3-2-4-7-19)31(28,29)13-5-11-25-12-10-21(22,23)16-25;1-24-17(21)14-8-9-15(19-12-14)13-20(16-6-3-2-4-7-16)25(22,23)11-5-10-18/h2-4,6-9,14H,5,10-13,15-16H2,1H3;2-4,6-9,12H,5,10-11,13H2,1H3. The van der Waals surface area contributed by atoms with E-state index in [1.54, 1.807) is 77.7 Å². The average molecular weight is 836 g/mol. The molecule has 0 saturated carbocycles. The number of ether oxygens (including phenoxy) is 2. The third-order valence-corrected chi connectivity index (χ3v) is 12.4. The van der Waals surface area contributed by atoms with Crippen LogP contribution in [0.5, 0.6) is 0 Å². The molecule has 302 valence electrons. The van der Waals surface area contributed by atoms with Crippen molar-refractivity contribution in [2.45, 2.75) is 38.3 Å². The number of likely N-dealkylation sites (tertiary alicyclic amines) is 1. The van der Waals surface area contributed by atoms with Crippen molar-refractivity contribution in [2.75, 3.05) is 59.9 Å². The SMILES string of the molecule is COC(=O)c1ccc(CN(c2ccccc2)S(=O)(=O)CCCCl)nc1.COC(=O)c1ccc(CN(c2ccccc2)S(=O)(=O)CCCN2CCC(F)(F)C2)nc1. The lowest BCUT2D eigenvalue weighted by atomic mass is 10.2. The molecule has 4 aromatic rings. The number of aromatic nitrogens is 2. The maximum atomic E-state index is 13.3. The van der Waals surface area contributed by atoms with E-state index in [9.17, 15) is 35.2 Å². The Morgan fingerprint density at radius 2 is 1.18 bits per heavy atom. The molecule has 0 atom stereocenters. The van der Waals surface area contributed by atoms with Gasteiger partial charge in [-0.05, 0) is 67.9 Å². The van der Waals surface area contributed by atoms with Crippen LogP contribution < -0.4 is 8.61 Å². The molecule has 0 radical (unpaired) electrons. The first-order chi connectivity index (χ1) is 26.7. The molecule has 13 nitrogen and oxygen atoms in total. The minimum Gasteiger partial charge on any atom is -0.465 e. The highest BCUT2D eigenvalue weighted by Gasteiger charge is 2.38. The summed E-state index contributed by atoms with van der Waals surface area (Å²) >= 11 is 5.64. The lowest BCUT2D eigenvalue weighted by Crippen LogP contribution is -2.34. The summed E-state index contributed by atoms with van der Waals surface area (Å²) in [5.74, 6) is -3.67. The number of esters is 2. The second kappa shape index (κ2) is 20.5. The zero-order valence-electron chi connectivity index (χ0n) is 31.0. The molecule has 0 spiro atoms. The molecule has 56 heavy (non-hydrogen) atoms. The molecule has 0 aliphatic carbocycles. The number of nitrogens with zero attached hydrogens (tertiary/aromatic N) is 5. The first kappa shape index (κ1) is 44.0. The van der Waals surface area contributed by atoms with E-state index in [-0.39, 0.29) is 62.0 Å². The lowest BCUT2D eigenvalue weighted by molar-refractivity contribution is 0.0123. The fourth-order valence-electron chi connectivity index (χ4n) is 5.62. The summed E-state index contributed by atoms with van der Waals surface area (Å²) in [5, 5.41) is 0. The van der Waals surface area contributed by atoms with Gasteiger partial charge in [0.15, 0.2) is 0 Å². The van der Waals surface area contributed by atoms with E-state index in [0.29, 0.717) is 41.3 Å². The number of sulfonamides is 2. The molecule has 0 unspecified atom stereocenters. The number of alkyl halides is 3. The van der Waals surface area contributed by atoms with Crippen LogP contribution in [0.2, 0.25) is 0 Å². The summed E-state index contributed by atoms with van der Waals surface area (Å²) in [7, 11) is -4.73. The molecule has 0 N–H and O–H groups in total. The smallest absolute Gasteiger partial charge is 0.339 e. The van der Waals surface area contributed by atoms with Gasteiger partial charge in [0.1, 0.15) is 0 Å². The second-order valence-corrected chi connectivity index (χ2v) is 17.1. The van der Waals surface area contributed by atoms with Gasteiger partial charge in [-0.15, -0.1) is 11.6 Å². The van der Waals surface area contributed by atoms with E-state index in [2.05, 4.69) is 19.4 Å². The molecule has 5 rings (SSSR count). The molecular formula is C38H44ClF2N5O8S2. The zero-order chi connectivity index (χ0) is 40.8. The molecule has 2 aromatic carbocycles. The Morgan fingerprint density at radius 1 is 0.732 bits per heavy atom. The Balaban J connectivity index is 0.000000255. The third-order valence-electron chi connectivity index (χ3n) is 8.52. The van der Waals surface area contributed by atoms with Crippen molar-refractivity contribution < 1.29 is 44.7 Å². The van der Waals surface area contributed by atoms with Crippen molar-refractivity contribution >= 4 is 55.0 Å². The van der Waals surface area contributed by atoms with Gasteiger partial charge in [-0.2, -0.15) is 0 Å². The number of hydrogen-bond acceptors (Lipinski definition) is 11. The fraction of sp³-hybridized carbons (Fsp3) is 0.368. The van der Waals surface area contributed by atoms with Crippen LogP contribution in [0, 0.1) is 0 Å². The maximum Gasteiger partial charge on any atom is 0.339 e. The van der Waals surface area contributed by atoms with Crippen LogP contribution in [0.15, 0.2) is 97.3 Å². The summed E-state index contributed by atoms with van der Waals surface area (Å²) in [6.45, 7) is 0.285. The number of para-hydroxylation sites is 2. The van der Waals surface area contributed by atoms with Crippen molar-refractivity contribution in [3.8, 4) is 0 Å². The Morgan fingerprint density at radius 3 is 1.54 bits per heavy atom. The molecule has 1 fully saturated rings. The topological polar surface area (TPSA) is 156 Å². The predicted molar refractivity (Wildman–Crippen MR) is 210 cm³/mol. The van der Waals surface area contributed by atoms with Gasteiger partial charge in [-0.25, -0.2) is 35.2 Å². The lowest BCUT2D eigenvalue weighted by Gasteiger charge is -2.25. The van der Waals surface area contributed by atoms with Crippen LogP contribution in [-0.2, 0) is 42.6 Å². The Labute approximate surface area is 331 Å². The second-order valence-electron chi connectivity index (χ2n) is 12.7. The highest BCUT2D eigenvalue weighted by Crippen LogP contribution is 2.27. The van der Waals surface area contributed by atoms with E-state index < -0.39 is 37.9 Å². The van der Waals surface area contributed by atoms with Gasteiger partial charge in [0.2, 0.25) is 20.0 Å². The van der Waals surface area contributed by atoms with Gasteiger partial charge in [0, 0.05) is 31.2 Å². The van der Waals surface area contributed by atoms with E-state index in [0.717, 1.165) is 0 Å². The first-order valence-electron chi connectivity index (χ1n) is 17.5. The highest BCUT2D eigenvalue weighted by molar-refractivity contribution is 7.93. The van der Waals surface area contributed by atoms with Crippen LogP contribution in [0.3, 0.4) is 0 Å². The summed E-state index contributed by atoms with van der Waals surface area (Å²) in [4.78, 5) is 33.0. The van der Waals surface area contributed by atoms with Crippen LogP contribution in [0.4, 0.5) is 20.2 Å². The van der Waals surface area contributed by atoms with E-state index >= 15 is 0 Å². The number of carbonyl (C=O) groups is 2. The van der Waals surface area contributed by atoms with Gasteiger partial charge in [-0.3, -0.25) is 23.5 Å². The Hall–Kier alpha value is -4.71. The van der Waals surface area contributed by atoms with E-state index in [1.165, 1.54) is 41.3 Å². The number of rotatable bonds is 17. The number of methoxy groups -OCH3 is 2. The van der Waals surface area contributed by atoms with Crippen LogP contribution >= 0.6 is 11.6 Å². The predicted octanol–water partition coefficient (Wildman–Crippen LogP) is 5.77. The quantitative estimate of drug-likeness (QED) is 0.0941. The monoisotopic (exact) mass is 835 g/mol. The van der Waals surface area contributed by atoms with Crippen molar-refractivity contribution in [3.05, 3.63) is 120 Å². The summed E-state index contributed by atoms with van der Waals surface area (Å²) in [6.07, 6.45) is 3.13. The van der Waals surface area contributed by atoms with Crippen molar-refractivity contribution in [1.29, 1.82) is 0 Å². The zero-order valence-corrected chi connectivity index (χ0v) is 33.4. The summed E-state index contributed by atoms with van der Waals surface area (Å²) in [5.41, 5.74) is 2.58. The molecule has 18 heteroatoms. The number of pyridine rings is 2. The first-order valence-corrected chi connectivity index (χ1v) is 21.3. The third kappa shape index (κ3) is 12.9. The molecule has 2 aromatic heterocycles. The molecule has 1 aliphatic rings. The molecule has 3 heterocycles.